The van der Waals surface area contributed by atoms with Crippen LogP contribution in [0.1, 0.15) is 17.4 Å². The quantitative estimate of drug-likeness (QED) is 0.677. The molecule has 0 saturated carbocycles. The Morgan fingerprint density at radius 1 is 1.29 bits per heavy atom. The highest BCUT2D eigenvalue weighted by molar-refractivity contribution is 5.94. The summed E-state index contributed by atoms with van der Waals surface area (Å²) in [7, 11) is 0. The van der Waals surface area contributed by atoms with Crippen LogP contribution in [0.5, 0.6) is 0 Å². The van der Waals surface area contributed by atoms with Gasteiger partial charge in [-0.1, -0.05) is 18.2 Å². The van der Waals surface area contributed by atoms with Crippen LogP contribution in [0.2, 0.25) is 0 Å². The van der Waals surface area contributed by atoms with Crippen LogP contribution in [-0.2, 0) is 0 Å². The Bertz CT molecular complexity index is 860. The Labute approximate surface area is 139 Å². The number of amides is 1. The van der Waals surface area contributed by atoms with E-state index in [4.69, 9.17) is 9.68 Å². The Morgan fingerprint density at radius 3 is 2.71 bits per heavy atom. The molecule has 0 saturated heterocycles. The molecule has 1 amide bonds. The van der Waals surface area contributed by atoms with Gasteiger partial charge in [-0.2, -0.15) is 10.4 Å². The van der Waals surface area contributed by atoms with Gasteiger partial charge in [-0.25, -0.2) is 4.68 Å². The first-order valence-corrected chi connectivity index (χ1v) is 7.60. The molecule has 0 aliphatic carbocycles. The summed E-state index contributed by atoms with van der Waals surface area (Å²) in [5.41, 5.74) is 1.73. The molecule has 0 atom stereocenters. The molecule has 24 heavy (non-hydrogen) atoms. The summed E-state index contributed by atoms with van der Waals surface area (Å²) in [5, 5.41) is 13.4. The van der Waals surface area contributed by atoms with Crippen LogP contribution in [0, 0.1) is 11.3 Å². The molecule has 0 aliphatic rings. The molecular formula is C18H16N4O2. The first-order chi connectivity index (χ1) is 11.7. The standard InChI is InChI=1S/C18H16N4O2/c1-2-21(11-10-19)18(23)16-13-15(17-9-6-12-24-17)20-22(16)14-7-4-3-5-8-14/h3-9,12-13H,2,11H2,1H3. The van der Waals surface area contributed by atoms with Crippen LogP contribution >= 0.6 is 0 Å². The van der Waals surface area contributed by atoms with Crippen LogP contribution in [0.3, 0.4) is 0 Å². The van der Waals surface area contributed by atoms with E-state index in [0.717, 1.165) is 5.69 Å². The fourth-order valence-electron chi connectivity index (χ4n) is 2.42. The third-order valence-corrected chi connectivity index (χ3v) is 3.63. The van der Waals surface area contributed by atoms with E-state index in [1.807, 2.05) is 43.3 Å². The van der Waals surface area contributed by atoms with E-state index in [1.165, 1.54) is 4.90 Å². The lowest BCUT2D eigenvalue weighted by atomic mass is 10.2. The molecule has 0 unspecified atom stereocenters. The van der Waals surface area contributed by atoms with E-state index in [2.05, 4.69) is 5.10 Å². The van der Waals surface area contributed by atoms with Crippen LogP contribution in [0.4, 0.5) is 0 Å². The Hall–Kier alpha value is -3.33. The van der Waals surface area contributed by atoms with Gasteiger partial charge in [-0.15, -0.1) is 0 Å². The number of benzene rings is 1. The molecule has 3 rings (SSSR count). The van der Waals surface area contributed by atoms with Crippen molar-refractivity contribution >= 4 is 5.91 Å². The summed E-state index contributed by atoms with van der Waals surface area (Å²) in [6, 6.07) is 16.7. The Balaban J connectivity index is 2.10. The number of carbonyl (C=O) groups excluding carboxylic acids is 1. The average Bonchev–Trinajstić information content (AvgIpc) is 3.29. The molecule has 3 aromatic rings. The van der Waals surface area contributed by atoms with Crippen molar-refractivity contribution in [3.8, 4) is 23.2 Å². The van der Waals surface area contributed by atoms with E-state index >= 15 is 0 Å². The van der Waals surface area contributed by atoms with E-state index in [9.17, 15) is 4.79 Å². The van der Waals surface area contributed by atoms with Crippen LogP contribution in [0.15, 0.2) is 59.2 Å². The lowest BCUT2D eigenvalue weighted by Crippen LogP contribution is -2.32. The fraction of sp³-hybridized carbons (Fsp3) is 0.167. The summed E-state index contributed by atoms with van der Waals surface area (Å²) in [6.07, 6.45) is 1.56. The molecule has 6 heteroatoms. The Kier molecular flexibility index (Phi) is 4.43. The van der Waals surface area contributed by atoms with Gasteiger partial charge < -0.3 is 9.32 Å². The molecule has 0 aliphatic heterocycles. The average molecular weight is 320 g/mol. The topological polar surface area (TPSA) is 75.1 Å². The number of nitriles is 1. The van der Waals surface area contributed by atoms with Crippen LogP contribution in [-0.4, -0.2) is 33.7 Å². The zero-order valence-electron chi connectivity index (χ0n) is 13.2. The normalized spacial score (nSPS) is 10.3. The monoisotopic (exact) mass is 320 g/mol. The van der Waals surface area contributed by atoms with Gasteiger partial charge in [0.25, 0.3) is 5.91 Å². The minimum absolute atomic E-state index is 0.0331. The van der Waals surface area contributed by atoms with Crippen molar-refractivity contribution in [2.45, 2.75) is 6.92 Å². The van der Waals surface area contributed by atoms with Crippen molar-refractivity contribution in [1.29, 1.82) is 5.26 Å². The second-order valence-electron chi connectivity index (χ2n) is 5.12. The maximum atomic E-state index is 12.8. The maximum Gasteiger partial charge on any atom is 0.273 e. The zero-order chi connectivity index (χ0) is 16.9. The van der Waals surface area contributed by atoms with Gasteiger partial charge in [-0.3, -0.25) is 4.79 Å². The van der Waals surface area contributed by atoms with Gasteiger partial charge >= 0.3 is 0 Å². The molecule has 0 bridgehead atoms. The number of hydrogen-bond acceptors (Lipinski definition) is 4. The zero-order valence-corrected chi connectivity index (χ0v) is 13.2. The Morgan fingerprint density at radius 2 is 2.08 bits per heavy atom. The highest BCUT2D eigenvalue weighted by atomic mass is 16.3. The largest absolute Gasteiger partial charge is 0.463 e. The van der Waals surface area contributed by atoms with Gasteiger partial charge in [-0.05, 0) is 31.2 Å². The number of aromatic nitrogens is 2. The molecule has 0 spiro atoms. The second-order valence-corrected chi connectivity index (χ2v) is 5.12. The van der Waals surface area contributed by atoms with Crippen LogP contribution in [0.25, 0.3) is 17.1 Å². The minimum atomic E-state index is -0.242. The minimum Gasteiger partial charge on any atom is -0.463 e. The van der Waals surface area contributed by atoms with Crippen molar-refractivity contribution in [2.75, 3.05) is 13.1 Å². The molecule has 120 valence electrons. The predicted octanol–water partition coefficient (Wildman–Crippen LogP) is 3.12. The molecule has 2 heterocycles. The summed E-state index contributed by atoms with van der Waals surface area (Å²) in [5.74, 6) is 0.343. The van der Waals surface area contributed by atoms with Crippen molar-refractivity contribution in [3.05, 3.63) is 60.5 Å². The first-order valence-electron chi connectivity index (χ1n) is 7.60. The summed E-state index contributed by atoms with van der Waals surface area (Å²) in [4.78, 5) is 14.3. The van der Waals surface area contributed by atoms with Gasteiger partial charge in [0, 0.05) is 12.6 Å². The van der Waals surface area contributed by atoms with E-state index < -0.39 is 0 Å². The maximum absolute atomic E-state index is 12.8. The summed E-state index contributed by atoms with van der Waals surface area (Å²) >= 11 is 0. The summed E-state index contributed by atoms with van der Waals surface area (Å²) < 4.78 is 6.97. The lowest BCUT2D eigenvalue weighted by Gasteiger charge is -2.17. The lowest BCUT2D eigenvalue weighted by molar-refractivity contribution is 0.0775. The highest BCUT2D eigenvalue weighted by Crippen LogP contribution is 2.23. The molecule has 0 N–H and O–H groups in total. The van der Waals surface area contributed by atoms with Crippen LogP contribution < -0.4 is 0 Å². The van der Waals surface area contributed by atoms with Crippen molar-refractivity contribution in [2.24, 2.45) is 0 Å². The first kappa shape index (κ1) is 15.6. The third-order valence-electron chi connectivity index (χ3n) is 3.63. The number of rotatable bonds is 5. The number of nitrogens with zero attached hydrogens (tertiary/aromatic N) is 4. The van der Waals surface area contributed by atoms with Gasteiger partial charge in [0.05, 0.1) is 18.0 Å². The summed E-state index contributed by atoms with van der Waals surface area (Å²) in [6.45, 7) is 2.32. The molecule has 2 aromatic heterocycles. The predicted molar refractivity (Wildman–Crippen MR) is 88.5 cm³/mol. The van der Waals surface area contributed by atoms with Crippen molar-refractivity contribution in [1.82, 2.24) is 14.7 Å². The highest BCUT2D eigenvalue weighted by Gasteiger charge is 2.22. The van der Waals surface area contributed by atoms with Gasteiger partial charge in [0.15, 0.2) is 5.76 Å². The van der Waals surface area contributed by atoms with E-state index in [-0.39, 0.29) is 12.5 Å². The second kappa shape index (κ2) is 6.84. The van der Waals surface area contributed by atoms with E-state index in [0.29, 0.717) is 23.7 Å². The van der Waals surface area contributed by atoms with E-state index in [1.54, 1.807) is 29.1 Å². The fourth-order valence-corrected chi connectivity index (χ4v) is 2.42. The number of furan rings is 1. The smallest absolute Gasteiger partial charge is 0.273 e. The van der Waals surface area contributed by atoms with Gasteiger partial charge in [0.1, 0.15) is 17.9 Å². The molecular weight excluding hydrogens is 304 g/mol. The number of hydrogen-bond donors (Lipinski definition) is 0. The van der Waals surface area contributed by atoms with Crippen molar-refractivity contribution in [3.63, 3.8) is 0 Å². The number of para-hydroxylation sites is 1. The SMILES string of the molecule is CCN(CC#N)C(=O)c1cc(-c2ccco2)nn1-c1ccccc1. The van der Waals surface area contributed by atoms with Crippen molar-refractivity contribution < 1.29 is 9.21 Å². The molecule has 0 radical (unpaired) electrons. The molecule has 6 nitrogen and oxygen atoms in total. The van der Waals surface area contributed by atoms with Gasteiger partial charge in [0.2, 0.25) is 0 Å². The molecule has 1 aromatic carbocycles. The third kappa shape index (κ3) is 2.92. The number of carbonyl (C=O) groups is 1. The molecule has 0 fully saturated rings.